The Bertz CT molecular complexity index is 1510. The van der Waals surface area contributed by atoms with Crippen LogP contribution in [0.2, 0.25) is 0 Å². The molecular weight excluding hydrogens is 712 g/mol. The molecule has 8 nitrogen and oxygen atoms in total. The zero-order chi connectivity index (χ0) is 30.5. The first-order chi connectivity index (χ1) is 21.5. The van der Waals surface area contributed by atoms with E-state index in [9.17, 15) is 19.2 Å². The molecule has 2 aromatic carbocycles. The van der Waals surface area contributed by atoms with Crippen LogP contribution in [0.3, 0.4) is 0 Å². The average molecular weight is 749 g/mol. The Morgan fingerprint density at radius 1 is 0.435 bits per heavy atom. The molecule has 4 aromatic rings. The molecule has 0 atom stereocenters. The zero-order valence-electron chi connectivity index (χ0n) is 25.5. The van der Waals surface area contributed by atoms with E-state index in [0.29, 0.717) is 35.3 Å². The van der Waals surface area contributed by atoms with Gasteiger partial charge in [-0.2, -0.15) is 0 Å². The lowest BCUT2D eigenvalue weighted by Gasteiger charge is -2.12. The molecule has 4 heterocycles. The van der Waals surface area contributed by atoms with Gasteiger partial charge in [0.05, 0.1) is 22.3 Å². The summed E-state index contributed by atoms with van der Waals surface area (Å²) in [6.07, 6.45) is 13.6. The molecule has 0 fully saturated rings. The lowest BCUT2D eigenvalue weighted by molar-refractivity contribution is -0.697. The van der Waals surface area contributed by atoms with E-state index in [-0.39, 0.29) is 57.6 Å². The van der Waals surface area contributed by atoms with Crippen LogP contribution in [0.25, 0.3) is 0 Å². The molecule has 0 N–H and O–H groups in total. The van der Waals surface area contributed by atoms with Crippen LogP contribution >= 0.6 is 0 Å². The van der Waals surface area contributed by atoms with Crippen molar-refractivity contribution in [1.82, 2.24) is 9.80 Å². The summed E-state index contributed by atoms with van der Waals surface area (Å²) >= 11 is 0. The van der Waals surface area contributed by atoms with Crippen LogP contribution in [0.15, 0.2) is 97.6 Å². The van der Waals surface area contributed by atoms with Crippen LogP contribution in [-0.4, -0.2) is 46.5 Å². The highest BCUT2D eigenvalue weighted by atomic mass is 79.9. The Hall–Kier alpha value is -4.02. The molecule has 0 saturated carbocycles. The van der Waals surface area contributed by atoms with E-state index in [4.69, 9.17) is 0 Å². The maximum absolute atomic E-state index is 12.5. The summed E-state index contributed by atoms with van der Waals surface area (Å²) in [5, 5.41) is 0. The first-order valence-electron chi connectivity index (χ1n) is 15.4. The maximum Gasteiger partial charge on any atom is 0.261 e. The van der Waals surface area contributed by atoms with Crippen molar-refractivity contribution < 1.29 is 62.3 Å². The number of carbonyl (C=O) groups is 4. The van der Waals surface area contributed by atoms with Crippen molar-refractivity contribution in [1.29, 1.82) is 0 Å². The molecule has 0 radical (unpaired) electrons. The van der Waals surface area contributed by atoms with E-state index in [0.717, 1.165) is 51.6 Å². The molecule has 0 saturated heterocycles. The van der Waals surface area contributed by atoms with E-state index in [2.05, 4.69) is 58.2 Å². The Balaban J connectivity index is 0.00000240. The van der Waals surface area contributed by atoms with Crippen molar-refractivity contribution in [3.8, 4) is 0 Å². The van der Waals surface area contributed by atoms with Crippen molar-refractivity contribution >= 4 is 23.6 Å². The van der Waals surface area contributed by atoms with Gasteiger partial charge in [0.25, 0.3) is 23.6 Å². The number of hydrogen-bond donors (Lipinski definition) is 0. The van der Waals surface area contributed by atoms with Crippen LogP contribution in [-0.2, 0) is 25.9 Å². The maximum atomic E-state index is 12.5. The standard InChI is InChI=1S/C36H36N4O4.2BrH/c41-33-29-9-1-2-10-30(29)34(42)39(33)21-7-5-19-37-23-15-27(16-24-37)13-14-28-17-25-38(26-18-28)20-6-8-22-40-35(43)31-11-3-4-12-32(31)36(40)44;;/h1-4,9-12,15-18,23-26H,5-8,13-14,19-22H2;2*1H/q+2;;/p-2. The minimum Gasteiger partial charge on any atom is -1.00 e. The average Bonchev–Trinajstić information content (AvgIpc) is 3.45. The fourth-order valence-corrected chi connectivity index (χ4v) is 5.91. The Kier molecular flexibility index (Phi) is 12.1. The normalized spacial score (nSPS) is 13.4. The predicted molar refractivity (Wildman–Crippen MR) is 163 cm³/mol. The Labute approximate surface area is 290 Å². The largest absolute Gasteiger partial charge is 1.00 e. The topological polar surface area (TPSA) is 82.5 Å². The molecule has 2 aliphatic rings. The molecule has 238 valence electrons. The molecule has 10 heteroatoms. The van der Waals surface area contributed by atoms with Crippen molar-refractivity contribution in [2.24, 2.45) is 0 Å². The molecule has 2 aliphatic heterocycles. The smallest absolute Gasteiger partial charge is 0.261 e. The van der Waals surface area contributed by atoms with Gasteiger partial charge in [-0.1, -0.05) is 24.3 Å². The number of benzene rings is 2. The second-order valence-electron chi connectivity index (χ2n) is 11.4. The fraction of sp³-hybridized carbons (Fsp3) is 0.278. The number of nitrogens with zero attached hydrogens (tertiary/aromatic N) is 4. The van der Waals surface area contributed by atoms with E-state index < -0.39 is 0 Å². The number of pyridine rings is 2. The lowest BCUT2D eigenvalue weighted by atomic mass is 10.1. The Morgan fingerprint density at radius 3 is 1.04 bits per heavy atom. The molecule has 0 bridgehead atoms. The molecule has 0 unspecified atom stereocenters. The summed E-state index contributed by atoms with van der Waals surface area (Å²) in [7, 11) is 0. The summed E-state index contributed by atoms with van der Waals surface area (Å²) in [5.41, 5.74) is 4.58. The number of rotatable bonds is 13. The number of unbranched alkanes of at least 4 members (excludes halogenated alkanes) is 2. The van der Waals surface area contributed by atoms with Gasteiger partial charge in [-0.25, -0.2) is 9.13 Å². The zero-order valence-corrected chi connectivity index (χ0v) is 28.7. The third-order valence-corrected chi connectivity index (χ3v) is 8.48. The molecule has 0 spiro atoms. The second-order valence-corrected chi connectivity index (χ2v) is 11.4. The highest BCUT2D eigenvalue weighted by molar-refractivity contribution is 6.22. The van der Waals surface area contributed by atoms with Gasteiger partial charge in [-0.05, 0) is 61.1 Å². The minimum absolute atomic E-state index is 0. The van der Waals surface area contributed by atoms with Crippen LogP contribution in [0.4, 0.5) is 0 Å². The van der Waals surface area contributed by atoms with Crippen molar-refractivity contribution in [2.75, 3.05) is 13.1 Å². The van der Waals surface area contributed by atoms with Crippen molar-refractivity contribution in [3.63, 3.8) is 0 Å². The highest BCUT2D eigenvalue weighted by Crippen LogP contribution is 2.23. The minimum atomic E-state index is -0.187. The van der Waals surface area contributed by atoms with Crippen LogP contribution in [0, 0.1) is 0 Å². The summed E-state index contributed by atoms with van der Waals surface area (Å²) in [6.45, 7) is 2.55. The van der Waals surface area contributed by atoms with Gasteiger partial charge in [0.1, 0.15) is 13.1 Å². The molecule has 4 amide bonds. The molecule has 2 aromatic heterocycles. The number of fused-ring (bicyclic) bond motifs is 2. The van der Waals surface area contributed by atoms with E-state index in [1.807, 2.05) is 0 Å². The molecule has 6 rings (SSSR count). The second kappa shape index (κ2) is 16.0. The van der Waals surface area contributed by atoms with Crippen molar-refractivity contribution in [3.05, 3.63) is 131 Å². The third kappa shape index (κ3) is 7.67. The van der Waals surface area contributed by atoms with E-state index >= 15 is 0 Å². The monoisotopic (exact) mass is 746 g/mol. The first-order valence-corrected chi connectivity index (χ1v) is 15.4. The predicted octanol–water partition coefficient (Wildman–Crippen LogP) is -1.79. The number of aryl methyl sites for hydroxylation is 4. The third-order valence-electron chi connectivity index (χ3n) is 8.48. The van der Waals surface area contributed by atoms with Gasteiger partial charge in [0, 0.05) is 50.2 Å². The molecular formula is C36H36Br2N4O4. The summed E-state index contributed by atoms with van der Waals surface area (Å²) < 4.78 is 4.29. The number of aromatic nitrogens is 2. The number of amides is 4. The van der Waals surface area contributed by atoms with Crippen molar-refractivity contribution in [2.45, 2.75) is 51.6 Å². The Morgan fingerprint density at radius 2 is 0.739 bits per heavy atom. The molecule has 46 heavy (non-hydrogen) atoms. The fourth-order valence-electron chi connectivity index (χ4n) is 5.91. The van der Waals surface area contributed by atoms with Crippen LogP contribution < -0.4 is 43.1 Å². The quantitative estimate of drug-likeness (QED) is 0.0921. The number of halogens is 2. The molecule has 0 aliphatic carbocycles. The van der Waals surface area contributed by atoms with Crippen LogP contribution in [0.1, 0.15) is 78.2 Å². The van der Waals surface area contributed by atoms with Gasteiger partial charge in [0.2, 0.25) is 0 Å². The van der Waals surface area contributed by atoms with Gasteiger partial charge < -0.3 is 34.0 Å². The lowest BCUT2D eigenvalue weighted by Crippen LogP contribution is -3.00. The highest BCUT2D eigenvalue weighted by Gasteiger charge is 2.35. The van der Waals surface area contributed by atoms with E-state index in [1.54, 1.807) is 48.5 Å². The first kappa shape index (κ1) is 34.8. The van der Waals surface area contributed by atoms with Gasteiger partial charge in [-0.3, -0.25) is 29.0 Å². The van der Waals surface area contributed by atoms with Gasteiger partial charge in [0.15, 0.2) is 24.8 Å². The van der Waals surface area contributed by atoms with Crippen LogP contribution in [0.5, 0.6) is 0 Å². The SMILES string of the molecule is O=C1c2ccccc2C(=O)N1CCCC[n+]1ccc(CCc2cc[n+](CCCCN3C(=O)c4ccccc4C3=O)cc2)cc1.[Br-].[Br-]. The summed E-state index contributed by atoms with van der Waals surface area (Å²) in [6, 6.07) is 22.7. The summed E-state index contributed by atoms with van der Waals surface area (Å²) in [5.74, 6) is -0.748. The number of hydrogen-bond acceptors (Lipinski definition) is 4. The van der Waals surface area contributed by atoms with Gasteiger partial charge >= 0.3 is 0 Å². The summed E-state index contributed by atoms with van der Waals surface area (Å²) in [4.78, 5) is 52.8. The van der Waals surface area contributed by atoms with E-state index in [1.165, 1.54) is 20.9 Å². The van der Waals surface area contributed by atoms with Gasteiger partial charge in [-0.15, -0.1) is 0 Å². The number of carbonyl (C=O) groups excluding carboxylic acids is 4. The number of imide groups is 2.